The minimum Gasteiger partial charge on any atom is -0.387 e. The molecule has 14 heavy (non-hydrogen) atoms. The molecule has 0 aromatic rings. The Labute approximate surface area is 88.3 Å². The summed E-state index contributed by atoms with van der Waals surface area (Å²) in [4.78, 5) is 0. The summed E-state index contributed by atoms with van der Waals surface area (Å²) in [5, 5.41) is 20.4. The maximum atomic E-state index is 10.4. The van der Waals surface area contributed by atoms with Crippen LogP contribution in [0.2, 0.25) is 0 Å². The summed E-state index contributed by atoms with van der Waals surface area (Å²) in [5.41, 5.74) is -1.97. The van der Waals surface area contributed by atoms with Crippen molar-refractivity contribution in [3.05, 3.63) is 0 Å². The Balaban J connectivity index is 4.74. The van der Waals surface area contributed by atoms with Crippen LogP contribution in [-0.4, -0.2) is 21.4 Å². The van der Waals surface area contributed by atoms with Crippen molar-refractivity contribution in [3.8, 4) is 0 Å². The maximum absolute atomic E-state index is 10.4. The Morgan fingerprint density at radius 2 is 1.36 bits per heavy atom. The predicted octanol–water partition coefficient (Wildman–Crippen LogP) is 2.72. The maximum Gasteiger partial charge on any atom is 0.0932 e. The van der Waals surface area contributed by atoms with Crippen LogP contribution in [-0.2, 0) is 0 Å². The van der Waals surface area contributed by atoms with Crippen LogP contribution in [0.25, 0.3) is 0 Å². The fourth-order valence-electron chi connectivity index (χ4n) is 1.90. The van der Waals surface area contributed by atoms with E-state index in [0.717, 1.165) is 6.42 Å². The summed E-state index contributed by atoms with van der Waals surface area (Å²) in [6, 6.07) is 0. The number of hydrogen-bond donors (Lipinski definition) is 2. The van der Waals surface area contributed by atoms with Gasteiger partial charge in [0, 0.05) is 0 Å². The standard InChI is InChI=1S/C12H26O2/c1-7-8-12(14,11(5,6)13)9-10(2,3)4/h13-14H,7-9H2,1-6H3. The molecular weight excluding hydrogens is 176 g/mol. The first-order chi connectivity index (χ1) is 6.02. The van der Waals surface area contributed by atoms with Gasteiger partial charge in [0.2, 0.25) is 0 Å². The van der Waals surface area contributed by atoms with E-state index < -0.39 is 11.2 Å². The van der Waals surface area contributed by atoms with Gasteiger partial charge in [0.05, 0.1) is 11.2 Å². The molecular formula is C12H26O2. The van der Waals surface area contributed by atoms with Gasteiger partial charge in [-0.2, -0.15) is 0 Å². The Kier molecular flexibility index (Phi) is 4.17. The molecule has 2 N–H and O–H groups in total. The molecule has 0 fully saturated rings. The van der Waals surface area contributed by atoms with Crippen LogP contribution < -0.4 is 0 Å². The van der Waals surface area contributed by atoms with Crippen LogP contribution >= 0.6 is 0 Å². The predicted molar refractivity (Wildman–Crippen MR) is 60.2 cm³/mol. The van der Waals surface area contributed by atoms with E-state index in [2.05, 4.69) is 20.8 Å². The topological polar surface area (TPSA) is 40.5 Å². The first-order valence-electron chi connectivity index (χ1n) is 5.46. The zero-order valence-electron chi connectivity index (χ0n) is 10.5. The molecule has 0 aliphatic rings. The minimum atomic E-state index is -1.03. The van der Waals surface area contributed by atoms with Gasteiger partial charge in [0.25, 0.3) is 0 Å². The van der Waals surface area contributed by atoms with Gasteiger partial charge in [0.1, 0.15) is 0 Å². The third-order valence-corrected chi connectivity index (χ3v) is 2.63. The lowest BCUT2D eigenvalue weighted by Crippen LogP contribution is -2.52. The second-order valence-electron chi connectivity index (χ2n) is 6.08. The third-order valence-electron chi connectivity index (χ3n) is 2.63. The van der Waals surface area contributed by atoms with Gasteiger partial charge in [-0.25, -0.2) is 0 Å². The lowest BCUT2D eigenvalue weighted by Gasteiger charge is -2.42. The fraction of sp³-hybridized carbons (Fsp3) is 1.00. The molecule has 1 atom stereocenters. The van der Waals surface area contributed by atoms with Gasteiger partial charge in [0.15, 0.2) is 0 Å². The molecule has 2 heteroatoms. The third kappa shape index (κ3) is 3.97. The van der Waals surface area contributed by atoms with Crippen molar-refractivity contribution in [2.75, 3.05) is 0 Å². The molecule has 2 nitrogen and oxygen atoms in total. The van der Waals surface area contributed by atoms with E-state index in [1.165, 1.54) is 0 Å². The zero-order valence-corrected chi connectivity index (χ0v) is 10.5. The van der Waals surface area contributed by atoms with Crippen LogP contribution in [0.15, 0.2) is 0 Å². The highest BCUT2D eigenvalue weighted by Crippen LogP contribution is 2.37. The SMILES string of the molecule is CCCC(O)(CC(C)(C)C)C(C)(C)O. The molecule has 0 aromatic heterocycles. The van der Waals surface area contributed by atoms with Gasteiger partial charge in [-0.15, -0.1) is 0 Å². The second-order valence-corrected chi connectivity index (χ2v) is 6.08. The largest absolute Gasteiger partial charge is 0.387 e. The van der Waals surface area contributed by atoms with Crippen LogP contribution in [0.1, 0.15) is 60.8 Å². The zero-order chi connectivity index (χ0) is 11.6. The quantitative estimate of drug-likeness (QED) is 0.736. The summed E-state index contributed by atoms with van der Waals surface area (Å²) in [6.45, 7) is 11.7. The monoisotopic (exact) mass is 202 g/mol. The first kappa shape index (κ1) is 13.9. The Hall–Kier alpha value is -0.0800. The molecule has 0 aromatic carbocycles. The van der Waals surface area contributed by atoms with Crippen LogP contribution in [0.4, 0.5) is 0 Å². The molecule has 0 bridgehead atoms. The van der Waals surface area contributed by atoms with E-state index in [4.69, 9.17) is 0 Å². The number of rotatable bonds is 4. The van der Waals surface area contributed by atoms with Crippen LogP contribution in [0, 0.1) is 5.41 Å². The highest BCUT2D eigenvalue weighted by Gasteiger charge is 2.43. The molecule has 0 radical (unpaired) electrons. The summed E-state index contributed by atoms with van der Waals surface area (Å²) < 4.78 is 0. The molecule has 0 amide bonds. The van der Waals surface area contributed by atoms with Crippen molar-refractivity contribution in [1.29, 1.82) is 0 Å². The number of aliphatic hydroxyl groups is 2. The van der Waals surface area contributed by atoms with Crippen LogP contribution in [0.5, 0.6) is 0 Å². The van der Waals surface area contributed by atoms with Gasteiger partial charge in [-0.1, -0.05) is 34.1 Å². The fourth-order valence-corrected chi connectivity index (χ4v) is 1.90. The summed E-state index contributed by atoms with van der Waals surface area (Å²) in [7, 11) is 0. The summed E-state index contributed by atoms with van der Waals surface area (Å²) in [6.07, 6.45) is 2.15. The van der Waals surface area contributed by atoms with E-state index in [1.54, 1.807) is 13.8 Å². The van der Waals surface area contributed by atoms with Gasteiger partial charge >= 0.3 is 0 Å². The van der Waals surface area contributed by atoms with Crippen molar-refractivity contribution >= 4 is 0 Å². The molecule has 86 valence electrons. The van der Waals surface area contributed by atoms with Crippen LogP contribution in [0.3, 0.4) is 0 Å². The molecule has 0 aliphatic carbocycles. The van der Waals surface area contributed by atoms with Crippen molar-refractivity contribution in [2.24, 2.45) is 5.41 Å². The van der Waals surface area contributed by atoms with Crippen molar-refractivity contribution in [3.63, 3.8) is 0 Å². The highest BCUT2D eigenvalue weighted by atomic mass is 16.4. The van der Waals surface area contributed by atoms with Gasteiger partial charge in [-0.3, -0.25) is 0 Å². The smallest absolute Gasteiger partial charge is 0.0932 e. The van der Waals surface area contributed by atoms with Gasteiger partial charge < -0.3 is 10.2 Å². The minimum absolute atomic E-state index is 0.0317. The molecule has 0 saturated heterocycles. The second kappa shape index (κ2) is 4.19. The molecule has 0 aliphatic heterocycles. The highest BCUT2D eigenvalue weighted by molar-refractivity contribution is 4.95. The van der Waals surface area contributed by atoms with Crippen molar-refractivity contribution < 1.29 is 10.2 Å². The molecule has 0 spiro atoms. The van der Waals surface area contributed by atoms with E-state index in [9.17, 15) is 10.2 Å². The normalized spacial score (nSPS) is 18.0. The molecule has 0 heterocycles. The average molecular weight is 202 g/mol. The van der Waals surface area contributed by atoms with Crippen molar-refractivity contribution in [2.45, 2.75) is 72.0 Å². The van der Waals surface area contributed by atoms with E-state index in [-0.39, 0.29) is 5.41 Å². The van der Waals surface area contributed by atoms with E-state index >= 15 is 0 Å². The molecule has 0 rings (SSSR count). The summed E-state index contributed by atoms with van der Waals surface area (Å²) >= 11 is 0. The number of hydrogen-bond acceptors (Lipinski definition) is 2. The van der Waals surface area contributed by atoms with Gasteiger partial charge in [-0.05, 0) is 32.1 Å². The van der Waals surface area contributed by atoms with E-state index in [0.29, 0.717) is 12.8 Å². The van der Waals surface area contributed by atoms with Crippen molar-refractivity contribution in [1.82, 2.24) is 0 Å². The summed E-state index contributed by atoms with van der Waals surface area (Å²) in [5.74, 6) is 0. The Bertz CT molecular complexity index is 174. The Morgan fingerprint density at radius 1 is 0.929 bits per heavy atom. The lowest BCUT2D eigenvalue weighted by atomic mass is 9.72. The van der Waals surface area contributed by atoms with E-state index in [1.807, 2.05) is 6.92 Å². The molecule has 1 unspecified atom stereocenters. The lowest BCUT2D eigenvalue weighted by molar-refractivity contribution is -0.152. The average Bonchev–Trinajstić information content (AvgIpc) is 1.79. The molecule has 0 saturated carbocycles. The Morgan fingerprint density at radius 3 is 1.57 bits per heavy atom. The first-order valence-corrected chi connectivity index (χ1v) is 5.46.